The first-order valence-electron chi connectivity index (χ1n) is 11.5. The number of fused-ring (bicyclic) bond motifs is 1. The fourth-order valence-electron chi connectivity index (χ4n) is 4.24. The third-order valence-corrected chi connectivity index (χ3v) is 7.63. The highest BCUT2D eigenvalue weighted by Crippen LogP contribution is 2.32. The maximum atomic E-state index is 13.6. The van der Waals surface area contributed by atoms with Gasteiger partial charge < -0.3 is 10.6 Å². The number of sulfonamides is 1. The summed E-state index contributed by atoms with van der Waals surface area (Å²) >= 11 is 0. The molecule has 0 saturated carbocycles. The zero-order valence-electron chi connectivity index (χ0n) is 20.3. The van der Waals surface area contributed by atoms with Crippen LogP contribution in [0.15, 0.2) is 77.7 Å². The van der Waals surface area contributed by atoms with Gasteiger partial charge in [-0.2, -0.15) is 0 Å². The number of nitrogens with one attached hydrogen (secondary N) is 3. The Kier molecular flexibility index (Phi) is 6.72. The number of carbonyl (C=O) groups is 2. The van der Waals surface area contributed by atoms with Crippen LogP contribution in [0.4, 0.5) is 10.1 Å². The molecule has 1 aliphatic carbocycles. The molecule has 4 rings (SSSR count). The molecule has 0 radical (unpaired) electrons. The highest BCUT2D eigenvalue weighted by molar-refractivity contribution is 7.89. The molecule has 9 heteroatoms. The standard InChI is InChI=1S/C27H28FN3O4S/c1-26(2,3)31-36(34,35)23-14-12-22(13-15-23)29-25(33)27(16-19-6-4-5-7-20(19)17-27)30-24(32)18-8-10-21(28)11-9-18/h4-15,31H,16-17H2,1-3H3,(H,29,33)(H,30,32). The van der Waals surface area contributed by atoms with Crippen LogP contribution in [0.3, 0.4) is 0 Å². The van der Waals surface area contributed by atoms with E-state index in [1.165, 1.54) is 48.5 Å². The Balaban J connectivity index is 1.57. The second-order valence-corrected chi connectivity index (χ2v) is 11.7. The number of anilines is 1. The average Bonchev–Trinajstić information content (AvgIpc) is 3.17. The zero-order chi connectivity index (χ0) is 26.1. The Morgan fingerprint density at radius 1 is 0.861 bits per heavy atom. The fraction of sp³-hybridized carbons (Fsp3) is 0.259. The summed E-state index contributed by atoms with van der Waals surface area (Å²) in [6, 6.07) is 18.5. The first-order valence-corrected chi connectivity index (χ1v) is 13.0. The summed E-state index contributed by atoms with van der Waals surface area (Å²) < 4.78 is 41.1. The maximum Gasteiger partial charge on any atom is 0.252 e. The second kappa shape index (κ2) is 9.48. The average molecular weight is 510 g/mol. The fourth-order valence-corrected chi connectivity index (χ4v) is 5.66. The summed E-state index contributed by atoms with van der Waals surface area (Å²) in [7, 11) is -3.72. The minimum atomic E-state index is -3.72. The zero-order valence-corrected chi connectivity index (χ0v) is 21.1. The van der Waals surface area contributed by atoms with E-state index < -0.39 is 38.7 Å². The molecule has 0 bridgehead atoms. The van der Waals surface area contributed by atoms with Gasteiger partial charge in [-0.25, -0.2) is 17.5 Å². The number of carbonyl (C=O) groups excluding carboxylic acids is 2. The Morgan fingerprint density at radius 3 is 1.94 bits per heavy atom. The number of amides is 2. The van der Waals surface area contributed by atoms with Crippen molar-refractivity contribution in [2.45, 2.75) is 49.6 Å². The van der Waals surface area contributed by atoms with Gasteiger partial charge >= 0.3 is 0 Å². The molecule has 36 heavy (non-hydrogen) atoms. The molecule has 188 valence electrons. The van der Waals surface area contributed by atoms with Crippen LogP contribution in [0.1, 0.15) is 42.3 Å². The Labute approximate surface area is 210 Å². The number of hydrogen-bond donors (Lipinski definition) is 3. The van der Waals surface area contributed by atoms with Crippen molar-refractivity contribution < 1.29 is 22.4 Å². The molecule has 3 N–H and O–H groups in total. The van der Waals surface area contributed by atoms with Crippen LogP contribution in [0, 0.1) is 5.82 Å². The van der Waals surface area contributed by atoms with Crippen LogP contribution in [-0.4, -0.2) is 31.3 Å². The van der Waals surface area contributed by atoms with E-state index in [0.29, 0.717) is 5.69 Å². The number of rotatable bonds is 6. The number of halogens is 1. The van der Waals surface area contributed by atoms with E-state index in [-0.39, 0.29) is 23.3 Å². The molecule has 0 aromatic heterocycles. The SMILES string of the molecule is CC(C)(C)NS(=O)(=O)c1ccc(NC(=O)C2(NC(=O)c3ccc(F)cc3)Cc3ccccc3C2)cc1. The van der Waals surface area contributed by atoms with Crippen LogP contribution in [0.5, 0.6) is 0 Å². The molecule has 0 aliphatic heterocycles. The molecule has 3 aromatic carbocycles. The van der Waals surface area contributed by atoms with E-state index in [0.717, 1.165) is 11.1 Å². The number of hydrogen-bond acceptors (Lipinski definition) is 4. The molecule has 3 aromatic rings. The van der Waals surface area contributed by atoms with E-state index >= 15 is 0 Å². The maximum absolute atomic E-state index is 13.6. The topological polar surface area (TPSA) is 104 Å². The monoisotopic (exact) mass is 509 g/mol. The predicted octanol–water partition coefficient (Wildman–Crippen LogP) is 3.81. The largest absolute Gasteiger partial charge is 0.337 e. The third kappa shape index (κ3) is 5.63. The van der Waals surface area contributed by atoms with Crippen molar-refractivity contribution in [3.05, 3.63) is 95.3 Å². The van der Waals surface area contributed by atoms with Crippen molar-refractivity contribution in [2.75, 3.05) is 5.32 Å². The van der Waals surface area contributed by atoms with Crippen LogP contribution < -0.4 is 15.4 Å². The van der Waals surface area contributed by atoms with Gasteiger partial charge in [0.2, 0.25) is 10.0 Å². The summed E-state index contributed by atoms with van der Waals surface area (Å²) in [5, 5.41) is 5.70. The second-order valence-electron chi connectivity index (χ2n) is 10.00. The Morgan fingerprint density at radius 2 is 1.42 bits per heavy atom. The van der Waals surface area contributed by atoms with Gasteiger partial charge in [-0.05, 0) is 80.4 Å². The molecule has 0 heterocycles. The Hall–Kier alpha value is -3.56. The normalized spacial score (nSPS) is 14.7. The molecule has 0 spiro atoms. The predicted molar refractivity (Wildman–Crippen MR) is 136 cm³/mol. The van der Waals surface area contributed by atoms with Gasteiger partial charge in [0.25, 0.3) is 11.8 Å². The summed E-state index contributed by atoms with van der Waals surface area (Å²) in [6.45, 7) is 5.25. The van der Waals surface area contributed by atoms with Crippen molar-refractivity contribution in [1.82, 2.24) is 10.0 Å². The van der Waals surface area contributed by atoms with Crippen molar-refractivity contribution in [3.63, 3.8) is 0 Å². The highest BCUT2D eigenvalue weighted by Gasteiger charge is 2.45. The summed E-state index contributed by atoms with van der Waals surface area (Å²) in [5.74, 6) is -1.39. The lowest BCUT2D eigenvalue weighted by Gasteiger charge is -2.29. The van der Waals surface area contributed by atoms with Crippen LogP contribution in [0.2, 0.25) is 0 Å². The number of benzene rings is 3. The van der Waals surface area contributed by atoms with E-state index in [2.05, 4.69) is 15.4 Å². The highest BCUT2D eigenvalue weighted by atomic mass is 32.2. The van der Waals surface area contributed by atoms with Crippen LogP contribution in [-0.2, 0) is 27.7 Å². The molecule has 0 saturated heterocycles. The van der Waals surface area contributed by atoms with Crippen molar-refractivity contribution in [2.24, 2.45) is 0 Å². The molecule has 2 amide bonds. The van der Waals surface area contributed by atoms with Gasteiger partial charge in [0.15, 0.2) is 0 Å². The first-order chi connectivity index (χ1) is 16.9. The molecule has 0 unspecified atom stereocenters. The van der Waals surface area contributed by atoms with Crippen molar-refractivity contribution in [1.29, 1.82) is 0 Å². The van der Waals surface area contributed by atoms with E-state index in [9.17, 15) is 22.4 Å². The molecular formula is C27H28FN3O4S. The smallest absolute Gasteiger partial charge is 0.252 e. The molecular weight excluding hydrogens is 481 g/mol. The minimum Gasteiger partial charge on any atom is -0.337 e. The quantitative estimate of drug-likeness (QED) is 0.470. The molecule has 7 nitrogen and oxygen atoms in total. The molecule has 1 aliphatic rings. The van der Waals surface area contributed by atoms with Crippen LogP contribution in [0.25, 0.3) is 0 Å². The lowest BCUT2D eigenvalue weighted by molar-refractivity contribution is -0.121. The van der Waals surface area contributed by atoms with Gasteiger partial charge in [-0.1, -0.05) is 24.3 Å². The van der Waals surface area contributed by atoms with Gasteiger partial charge in [0, 0.05) is 29.6 Å². The Bertz CT molecular complexity index is 1370. The van der Waals surface area contributed by atoms with Gasteiger partial charge in [-0.15, -0.1) is 0 Å². The lowest BCUT2D eigenvalue weighted by atomic mass is 9.93. The van der Waals surface area contributed by atoms with Gasteiger partial charge in [0.1, 0.15) is 11.4 Å². The van der Waals surface area contributed by atoms with Gasteiger partial charge in [-0.3, -0.25) is 9.59 Å². The summed E-state index contributed by atoms with van der Waals surface area (Å²) in [4.78, 5) is 26.7. The third-order valence-electron chi connectivity index (χ3n) is 5.86. The lowest BCUT2D eigenvalue weighted by Crippen LogP contribution is -2.57. The van der Waals surface area contributed by atoms with Crippen LogP contribution >= 0.6 is 0 Å². The van der Waals surface area contributed by atoms with E-state index in [1.807, 2.05) is 24.3 Å². The minimum absolute atomic E-state index is 0.0722. The molecule has 0 fully saturated rings. The van der Waals surface area contributed by atoms with Crippen molar-refractivity contribution >= 4 is 27.5 Å². The van der Waals surface area contributed by atoms with Crippen molar-refractivity contribution in [3.8, 4) is 0 Å². The van der Waals surface area contributed by atoms with Gasteiger partial charge in [0.05, 0.1) is 4.90 Å². The summed E-state index contributed by atoms with van der Waals surface area (Å²) in [6.07, 6.45) is 0.563. The molecule has 0 atom stereocenters. The first kappa shape index (κ1) is 25.5. The summed E-state index contributed by atoms with van der Waals surface area (Å²) in [5.41, 5.74) is 0.608. The van der Waals surface area contributed by atoms with E-state index in [1.54, 1.807) is 20.8 Å². The van der Waals surface area contributed by atoms with E-state index in [4.69, 9.17) is 0 Å².